The maximum Gasteiger partial charge on any atom is 0.127 e. The lowest BCUT2D eigenvalue weighted by Crippen LogP contribution is -2.19. The maximum atomic E-state index is 10.3. The molecule has 0 spiro atoms. The average Bonchev–Trinajstić information content (AvgIpc) is 2.41. The molecule has 0 aliphatic carbocycles. The molecule has 1 heterocycles. The Morgan fingerprint density at radius 2 is 1.95 bits per heavy atom. The zero-order valence-electron chi connectivity index (χ0n) is 10.3. The second kappa shape index (κ2) is 5.68. The quantitative estimate of drug-likeness (QED) is 0.670. The van der Waals surface area contributed by atoms with Gasteiger partial charge in [0.25, 0.3) is 0 Å². The van der Waals surface area contributed by atoms with Gasteiger partial charge in [-0.25, -0.2) is 0 Å². The topological polar surface area (TPSA) is 29.5 Å². The molecule has 3 rings (SSSR count). The Morgan fingerprint density at radius 1 is 1.15 bits per heavy atom. The fourth-order valence-corrected chi connectivity index (χ4v) is 3.19. The van der Waals surface area contributed by atoms with E-state index in [1.165, 1.54) is 0 Å². The van der Waals surface area contributed by atoms with Crippen LogP contribution in [0.25, 0.3) is 0 Å². The number of rotatable bonds is 1. The number of hydrogen-bond acceptors (Lipinski definition) is 2. The van der Waals surface area contributed by atoms with Crippen LogP contribution in [0.15, 0.2) is 45.3 Å². The fraction of sp³-hybridized carbons (Fsp3) is 0.200. The van der Waals surface area contributed by atoms with E-state index in [4.69, 9.17) is 16.3 Å². The van der Waals surface area contributed by atoms with E-state index in [2.05, 4.69) is 31.9 Å². The molecule has 0 amide bonds. The molecule has 2 nitrogen and oxygen atoms in total. The monoisotopic (exact) mass is 416 g/mol. The van der Waals surface area contributed by atoms with Crippen LogP contribution in [-0.4, -0.2) is 5.11 Å². The number of halogens is 3. The van der Waals surface area contributed by atoms with Crippen molar-refractivity contribution in [3.63, 3.8) is 0 Å². The first kappa shape index (κ1) is 14.4. The Labute approximate surface area is 139 Å². The summed E-state index contributed by atoms with van der Waals surface area (Å²) in [6.45, 7) is 0. The second-order valence-corrected chi connectivity index (χ2v) is 6.89. The lowest BCUT2D eigenvalue weighted by molar-refractivity contribution is 0.0656. The highest BCUT2D eigenvalue weighted by molar-refractivity contribution is 9.10. The van der Waals surface area contributed by atoms with E-state index in [0.717, 1.165) is 20.1 Å². The van der Waals surface area contributed by atoms with E-state index in [9.17, 15) is 5.11 Å². The Kier molecular flexibility index (Phi) is 4.09. The van der Waals surface area contributed by atoms with Crippen molar-refractivity contribution in [1.82, 2.24) is 0 Å². The van der Waals surface area contributed by atoms with Gasteiger partial charge in [-0.2, -0.15) is 0 Å². The van der Waals surface area contributed by atoms with Gasteiger partial charge in [0.1, 0.15) is 11.9 Å². The lowest BCUT2D eigenvalue weighted by Gasteiger charge is -2.30. The minimum atomic E-state index is -0.522. The van der Waals surface area contributed by atoms with Crippen LogP contribution in [-0.2, 0) is 0 Å². The van der Waals surface area contributed by atoms with E-state index < -0.39 is 6.10 Å². The summed E-state index contributed by atoms with van der Waals surface area (Å²) in [4.78, 5) is 0. The highest BCUT2D eigenvalue weighted by Crippen LogP contribution is 2.42. The van der Waals surface area contributed by atoms with E-state index >= 15 is 0 Å². The molecule has 20 heavy (non-hydrogen) atoms. The third-order valence-corrected chi connectivity index (χ3v) is 5.06. The molecule has 1 aliphatic rings. The zero-order valence-corrected chi connectivity index (χ0v) is 14.2. The van der Waals surface area contributed by atoms with Crippen LogP contribution in [0.4, 0.5) is 0 Å². The van der Waals surface area contributed by atoms with Crippen molar-refractivity contribution in [3.8, 4) is 5.75 Å². The predicted molar refractivity (Wildman–Crippen MR) is 86.2 cm³/mol. The van der Waals surface area contributed by atoms with E-state index in [1.807, 2.05) is 36.4 Å². The number of hydrogen-bond donors (Lipinski definition) is 1. The molecule has 1 N–H and O–H groups in total. The summed E-state index contributed by atoms with van der Waals surface area (Å²) in [6.07, 6.45) is -0.172. The average molecular weight is 419 g/mol. The van der Waals surface area contributed by atoms with Gasteiger partial charge < -0.3 is 9.84 Å². The largest absolute Gasteiger partial charge is 0.485 e. The van der Waals surface area contributed by atoms with Crippen LogP contribution in [0.3, 0.4) is 0 Å². The van der Waals surface area contributed by atoms with Gasteiger partial charge in [0.05, 0.1) is 11.1 Å². The minimum absolute atomic E-state index is 0.180. The molecule has 0 radical (unpaired) electrons. The van der Waals surface area contributed by atoms with E-state index in [-0.39, 0.29) is 6.10 Å². The predicted octanol–water partition coefficient (Wildman–Crippen LogP) is 5.42. The minimum Gasteiger partial charge on any atom is -0.485 e. The van der Waals surface area contributed by atoms with Gasteiger partial charge in [-0.3, -0.25) is 0 Å². The summed E-state index contributed by atoms with van der Waals surface area (Å²) in [5.41, 5.74) is 1.82. The Bertz CT molecular complexity index is 660. The third-order valence-electron chi connectivity index (χ3n) is 3.36. The highest BCUT2D eigenvalue weighted by atomic mass is 79.9. The van der Waals surface area contributed by atoms with Gasteiger partial charge in [-0.1, -0.05) is 39.7 Å². The highest BCUT2D eigenvalue weighted by Gasteiger charge is 2.28. The first-order chi connectivity index (χ1) is 9.54. The molecule has 2 aromatic carbocycles. The molecule has 0 bridgehead atoms. The summed E-state index contributed by atoms with van der Waals surface area (Å²) in [5, 5.41) is 10.9. The molecule has 0 saturated carbocycles. The van der Waals surface area contributed by atoms with Crippen molar-refractivity contribution in [2.75, 3.05) is 0 Å². The number of fused-ring (bicyclic) bond motifs is 1. The SMILES string of the molecule is OC1CC(c2ccc(Cl)c(Br)c2)Oc2cc(Br)ccc21. The fourth-order valence-electron chi connectivity index (χ4n) is 2.33. The van der Waals surface area contributed by atoms with E-state index in [1.54, 1.807) is 0 Å². The number of ether oxygens (including phenoxy) is 1. The van der Waals surface area contributed by atoms with Gasteiger partial charge in [0.2, 0.25) is 0 Å². The maximum absolute atomic E-state index is 10.3. The van der Waals surface area contributed by atoms with Gasteiger partial charge in [-0.15, -0.1) is 0 Å². The molecule has 0 aromatic heterocycles. The van der Waals surface area contributed by atoms with Gasteiger partial charge >= 0.3 is 0 Å². The van der Waals surface area contributed by atoms with Crippen LogP contribution in [0.1, 0.15) is 29.8 Å². The van der Waals surface area contributed by atoms with Gasteiger partial charge in [-0.05, 0) is 45.8 Å². The molecule has 2 unspecified atom stereocenters. The van der Waals surface area contributed by atoms with Crippen LogP contribution >= 0.6 is 43.5 Å². The molecule has 0 saturated heterocycles. The third kappa shape index (κ3) is 2.75. The first-order valence-electron chi connectivity index (χ1n) is 6.13. The molecule has 1 aliphatic heterocycles. The van der Waals surface area contributed by atoms with E-state index in [0.29, 0.717) is 17.2 Å². The van der Waals surface area contributed by atoms with Crippen molar-refractivity contribution in [1.29, 1.82) is 0 Å². The van der Waals surface area contributed by atoms with Crippen LogP contribution in [0.5, 0.6) is 5.75 Å². The van der Waals surface area contributed by atoms with Crippen molar-refractivity contribution in [3.05, 3.63) is 61.5 Å². The standard InChI is InChI=1S/C15H11Br2ClO2/c16-9-2-3-10-13(19)7-14(20-15(10)6-9)8-1-4-12(18)11(17)5-8/h1-6,13-14,19H,7H2. The normalized spacial score (nSPS) is 21.2. The van der Waals surface area contributed by atoms with Crippen LogP contribution in [0, 0.1) is 0 Å². The molecular weight excluding hydrogens is 407 g/mol. The van der Waals surface area contributed by atoms with Crippen LogP contribution in [0.2, 0.25) is 5.02 Å². The van der Waals surface area contributed by atoms with Crippen LogP contribution < -0.4 is 4.74 Å². The zero-order chi connectivity index (χ0) is 14.3. The molecule has 5 heteroatoms. The van der Waals surface area contributed by atoms with Gasteiger partial charge in [0.15, 0.2) is 0 Å². The van der Waals surface area contributed by atoms with Crippen molar-refractivity contribution in [2.45, 2.75) is 18.6 Å². The lowest BCUT2D eigenvalue weighted by atomic mass is 9.95. The summed E-state index contributed by atoms with van der Waals surface area (Å²) < 4.78 is 7.77. The molecule has 2 atom stereocenters. The Morgan fingerprint density at radius 3 is 2.70 bits per heavy atom. The molecular formula is C15H11Br2ClO2. The summed E-state index contributed by atoms with van der Waals surface area (Å²) in [6, 6.07) is 11.4. The van der Waals surface area contributed by atoms with Crippen molar-refractivity contribution in [2.24, 2.45) is 0 Å². The number of aliphatic hydroxyl groups is 1. The van der Waals surface area contributed by atoms with Gasteiger partial charge in [0, 0.05) is 20.9 Å². The molecule has 104 valence electrons. The Balaban J connectivity index is 1.96. The summed E-state index contributed by atoms with van der Waals surface area (Å²) >= 11 is 12.8. The summed E-state index contributed by atoms with van der Waals surface area (Å²) in [7, 11) is 0. The smallest absolute Gasteiger partial charge is 0.127 e. The van der Waals surface area contributed by atoms with Crippen molar-refractivity contribution < 1.29 is 9.84 Å². The number of benzene rings is 2. The molecule has 2 aromatic rings. The van der Waals surface area contributed by atoms with Crippen molar-refractivity contribution >= 4 is 43.5 Å². The first-order valence-corrected chi connectivity index (χ1v) is 8.10. The second-order valence-electron chi connectivity index (χ2n) is 4.71. The number of aliphatic hydroxyl groups excluding tert-OH is 1. The Hall–Kier alpha value is -0.550. The summed E-state index contributed by atoms with van der Waals surface area (Å²) in [5.74, 6) is 0.717. The molecule has 0 fully saturated rings.